The summed E-state index contributed by atoms with van der Waals surface area (Å²) in [4.78, 5) is 26.3. The number of rotatable bonds is 2. The average Bonchev–Trinajstić information content (AvgIpc) is 2.52. The zero-order chi connectivity index (χ0) is 18.8. The van der Waals surface area contributed by atoms with Crippen LogP contribution in [0, 0.1) is 21.4 Å². The molecule has 1 amide bonds. The van der Waals surface area contributed by atoms with Gasteiger partial charge >= 0.3 is 6.09 Å². The molecule has 0 bridgehead atoms. The van der Waals surface area contributed by atoms with Gasteiger partial charge in [0.15, 0.2) is 0 Å². The van der Waals surface area contributed by atoms with Crippen LogP contribution in [0.5, 0.6) is 0 Å². The fourth-order valence-electron chi connectivity index (χ4n) is 2.75. The Morgan fingerprint density at radius 3 is 2.60 bits per heavy atom. The molecule has 1 atom stereocenters. The minimum atomic E-state index is -0.564. The number of hydrogen-bond acceptors (Lipinski definition) is 6. The molecule has 1 aromatic carbocycles. The number of ether oxygens (including phenoxy) is 1. The molecule has 2 rings (SSSR count). The Kier molecular flexibility index (Phi) is 5.16. The summed E-state index contributed by atoms with van der Waals surface area (Å²) in [6.45, 7) is 9.00. The van der Waals surface area contributed by atoms with Crippen molar-refractivity contribution in [2.24, 2.45) is 0 Å². The van der Waals surface area contributed by atoms with E-state index in [-0.39, 0.29) is 23.4 Å². The Bertz CT molecular complexity index is 720. The Hall–Kier alpha value is -2.82. The molecule has 0 spiro atoms. The summed E-state index contributed by atoms with van der Waals surface area (Å²) >= 11 is 0. The first-order valence-corrected chi connectivity index (χ1v) is 8.05. The van der Waals surface area contributed by atoms with Crippen molar-refractivity contribution in [3.05, 3.63) is 33.9 Å². The molecule has 0 saturated carbocycles. The normalized spacial score (nSPS) is 17.8. The number of carbonyl (C=O) groups excluding carboxylic acids is 1. The van der Waals surface area contributed by atoms with Crippen LogP contribution in [0.3, 0.4) is 0 Å². The van der Waals surface area contributed by atoms with Crippen LogP contribution in [0.2, 0.25) is 0 Å². The van der Waals surface area contributed by atoms with Crippen molar-refractivity contribution < 1.29 is 14.5 Å². The number of piperazine rings is 1. The van der Waals surface area contributed by atoms with Gasteiger partial charge in [0.05, 0.1) is 4.92 Å². The number of nitriles is 1. The maximum Gasteiger partial charge on any atom is 0.410 e. The largest absolute Gasteiger partial charge is 0.444 e. The number of nitro benzene ring substituents is 1. The highest BCUT2D eigenvalue weighted by Gasteiger charge is 2.31. The Morgan fingerprint density at radius 2 is 2.08 bits per heavy atom. The summed E-state index contributed by atoms with van der Waals surface area (Å²) in [5, 5.41) is 20.1. The first kappa shape index (κ1) is 18.5. The van der Waals surface area contributed by atoms with Crippen LogP contribution in [0.4, 0.5) is 16.2 Å². The van der Waals surface area contributed by atoms with Gasteiger partial charge in [0.1, 0.15) is 17.2 Å². The smallest absolute Gasteiger partial charge is 0.410 e. The minimum absolute atomic E-state index is 0.0322. The van der Waals surface area contributed by atoms with Crippen molar-refractivity contribution in [3.63, 3.8) is 0 Å². The Balaban J connectivity index is 2.12. The number of carbonyl (C=O) groups is 1. The van der Waals surface area contributed by atoms with E-state index in [4.69, 9.17) is 10.00 Å². The lowest BCUT2D eigenvalue weighted by atomic mass is 10.1. The Morgan fingerprint density at radius 1 is 1.40 bits per heavy atom. The van der Waals surface area contributed by atoms with Gasteiger partial charge in [0.2, 0.25) is 0 Å². The van der Waals surface area contributed by atoms with E-state index in [1.165, 1.54) is 12.1 Å². The molecule has 1 aliphatic heterocycles. The number of benzene rings is 1. The van der Waals surface area contributed by atoms with Gasteiger partial charge in [0, 0.05) is 37.4 Å². The molecule has 0 unspecified atom stereocenters. The zero-order valence-corrected chi connectivity index (χ0v) is 14.9. The molecule has 0 N–H and O–H groups in total. The predicted octanol–water partition coefficient (Wildman–Crippen LogP) is 2.91. The van der Waals surface area contributed by atoms with Gasteiger partial charge in [-0.2, -0.15) is 5.26 Å². The third-order valence-corrected chi connectivity index (χ3v) is 3.92. The molecule has 0 radical (unpaired) electrons. The molecule has 0 aliphatic carbocycles. The average molecular weight is 346 g/mol. The molecule has 1 heterocycles. The fraction of sp³-hybridized carbons (Fsp3) is 0.529. The van der Waals surface area contributed by atoms with Gasteiger partial charge in [0.25, 0.3) is 5.69 Å². The number of hydrogen-bond donors (Lipinski definition) is 0. The lowest BCUT2D eigenvalue weighted by molar-refractivity contribution is -0.385. The van der Waals surface area contributed by atoms with E-state index >= 15 is 0 Å². The summed E-state index contributed by atoms with van der Waals surface area (Å²) in [6.07, 6.45) is -0.346. The molecule has 134 valence electrons. The number of amides is 1. The SMILES string of the molecule is C[C@@H]1CN(c2ccc([N+](=O)[O-])c(C#N)c2)CCN1C(=O)OC(C)(C)C. The molecule has 25 heavy (non-hydrogen) atoms. The van der Waals surface area contributed by atoms with Crippen LogP contribution in [0.25, 0.3) is 0 Å². The second-order valence-electron chi connectivity index (χ2n) is 7.04. The third-order valence-electron chi connectivity index (χ3n) is 3.92. The maximum atomic E-state index is 12.3. The highest BCUT2D eigenvalue weighted by Crippen LogP contribution is 2.26. The van der Waals surface area contributed by atoms with E-state index in [2.05, 4.69) is 0 Å². The topological polar surface area (TPSA) is 99.7 Å². The Labute approximate surface area is 146 Å². The van der Waals surface area contributed by atoms with Gasteiger partial charge in [-0.1, -0.05) is 0 Å². The molecule has 1 saturated heterocycles. The van der Waals surface area contributed by atoms with E-state index in [1.807, 2.05) is 38.7 Å². The predicted molar refractivity (Wildman–Crippen MR) is 92.4 cm³/mol. The van der Waals surface area contributed by atoms with Crippen molar-refractivity contribution >= 4 is 17.5 Å². The van der Waals surface area contributed by atoms with E-state index < -0.39 is 10.5 Å². The van der Waals surface area contributed by atoms with Crippen LogP contribution in [-0.4, -0.2) is 47.2 Å². The van der Waals surface area contributed by atoms with Crippen LogP contribution in [0.1, 0.15) is 33.3 Å². The minimum Gasteiger partial charge on any atom is -0.444 e. The molecular formula is C17H22N4O4. The lowest BCUT2D eigenvalue weighted by Gasteiger charge is -2.41. The standard InChI is InChI=1S/C17H22N4O4/c1-12-11-19(7-8-20(12)16(22)25-17(2,3)4)14-5-6-15(21(23)24)13(9-14)10-18/h5-6,9,12H,7-8,11H2,1-4H3/t12-/m1/s1. The van der Waals surface area contributed by atoms with Gasteiger partial charge in [-0.05, 0) is 39.8 Å². The van der Waals surface area contributed by atoms with Crippen molar-refractivity contribution in [3.8, 4) is 6.07 Å². The summed E-state index contributed by atoms with van der Waals surface area (Å²) in [5.74, 6) is 0. The van der Waals surface area contributed by atoms with Crippen LogP contribution < -0.4 is 4.90 Å². The molecular weight excluding hydrogens is 324 g/mol. The number of nitrogens with zero attached hydrogens (tertiary/aromatic N) is 4. The monoisotopic (exact) mass is 346 g/mol. The van der Waals surface area contributed by atoms with E-state index in [0.29, 0.717) is 19.6 Å². The van der Waals surface area contributed by atoms with Gasteiger partial charge in [-0.25, -0.2) is 4.79 Å². The number of anilines is 1. The van der Waals surface area contributed by atoms with E-state index in [9.17, 15) is 14.9 Å². The van der Waals surface area contributed by atoms with Crippen molar-refractivity contribution in [2.45, 2.75) is 39.3 Å². The molecule has 1 aromatic rings. The zero-order valence-electron chi connectivity index (χ0n) is 14.9. The third kappa shape index (κ3) is 4.38. The van der Waals surface area contributed by atoms with Gasteiger partial charge in [-0.15, -0.1) is 0 Å². The number of nitro groups is 1. The quantitative estimate of drug-likeness (QED) is 0.603. The van der Waals surface area contributed by atoms with Crippen molar-refractivity contribution in [2.75, 3.05) is 24.5 Å². The van der Waals surface area contributed by atoms with Crippen LogP contribution in [-0.2, 0) is 4.74 Å². The molecule has 8 heteroatoms. The first-order chi connectivity index (χ1) is 11.6. The summed E-state index contributed by atoms with van der Waals surface area (Å²) in [7, 11) is 0. The van der Waals surface area contributed by atoms with E-state index in [1.54, 1.807) is 11.0 Å². The lowest BCUT2D eigenvalue weighted by Crippen LogP contribution is -2.55. The van der Waals surface area contributed by atoms with Gasteiger partial charge in [-0.3, -0.25) is 10.1 Å². The summed E-state index contributed by atoms with van der Waals surface area (Å²) in [6, 6.07) is 6.29. The highest BCUT2D eigenvalue weighted by atomic mass is 16.6. The maximum absolute atomic E-state index is 12.3. The van der Waals surface area contributed by atoms with E-state index in [0.717, 1.165) is 5.69 Å². The first-order valence-electron chi connectivity index (χ1n) is 8.05. The van der Waals surface area contributed by atoms with Crippen LogP contribution in [0.15, 0.2) is 18.2 Å². The van der Waals surface area contributed by atoms with Crippen molar-refractivity contribution in [1.82, 2.24) is 4.90 Å². The van der Waals surface area contributed by atoms with Gasteiger partial charge < -0.3 is 14.5 Å². The van der Waals surface area contributed by atoms with Crippen molar-refractivity contribution in [1.29, 1.82) is 5.26 Å². The summed E-state index contributed by atoms with van der Waals surface area (Å²) < 4.78 is 5.42. The van der Waals surface area contributed by atoms with Crippen LogP contribution >= 0.6 is 0 Å². The molecule has 8 nitrogen and oxygen atoms in total. The fourth-order valence-corrected chi connectivity index (χ4v) is 2.75. The summed E-state index contributed by atoms with van der Waals surface area (Å²) in [5.41, 5.74) is 0.0165. The molecule has 1 fully saturated rings. The highest BCUT2D eigenvalue weighted by molar-refractivity contribution is 5.69. The molecule has 1 aliphatic rings. The second-order valence-corrected chi connectivity index (χ2v) is 7.04. The second kappa shape index (κ2) is 6.97. The molecule has 0 aromatic heterocycles.